The van der Waals surface area contributed by atoms with Crippen LogP contribution in [0.25, 0.3) is 10.9 Å². The van der Waals surface area contributed by atoms with E-state index in [9.17, 15) is 14.7 Å². The molecule has 0 spiro atoms. The number of aromatic carboxylic acids is 1. The van der Waals surface area contributed by atoms with Crippen LogP contribution in [0.15, 0.2) is 36.4 Å². The summed E-state index contributed by atoms with van der Waals surface area (Å²) < 4.78 is 5.29. The maximum atomic E-state index is 12.9. The molecule has 144 valence electrons. The molecular weight excluding hydrogens is 356 g/mol. The third kappa shape index (κ3) is 3.22. The summed E-state index contributed by atoms with van der Waals surface area (Å²) in [6, 6.07) is 11.0. The fraction of sp³-hybridized carbons (Fsp3) is 0.273. The zero-order chi connectivity index (χ0) is 19.8. The van der Waals surface area contributed by atoms with Crippen molar-refractivity contribution in [2.75, 3.05) is 13.7 Å². The summed E-state index contributed by atoms with van der Waals surface area (Å²) in [4.78, 5) is 29.3. The van der Waals surface area contributed by atoms with Gasteiger partial charge in [0.05, 0.1) is 19.1 Å². The fourth-order valence-corrected chi connectivity index (χ4v) is 3.83. The Labute approximate surface area is 162 Å². The van der Waals surface area contributed by atoms with E-state index in [4.69, 9.17) is 4.74 Å². The molecule has 1 aliphatic rings. The van der Waals surface area contributed by atoms with Gasteiger partial charge < -0.3 is 19.7 Å². The Morgan fingerprint density at radius 1 is 1.18 bits per heavy atom. The number of hydrogen-bond donors (Lipinski definition) is 2. The minimum Gasteiger partial charge on any atom is -0.497 e. The highest BCUT2D eigenvalue weighted by molar-refractivity contribution is 5.89. The summed E-state index contributed by atoms with van der Waals surface area (Å²) in [5, 5.41) is 10.3. The summed E-state index contributed by atoms with van der Waals surface area (Å²) in [5.41, 5.74) is 5.22. The molecule has 2 N–H and O–H groups in total. The van der Waals surface area contributed by atoms with Crippen LogP contribution in [0.2, 0.25) is 0 Å². The average Bonchev–Trinajstić information content (AvgIpc) is 3.01. The van der Waals surface area contributed by atoms with E-state index < -0.39 is 5.97 Å². The van der Waals surface area contributed by atoms with Crippen LogP contribution < -0.4 is 4.74 Å². The first-order valence-corrected chi connectivity index (χ1v) is 9.24. The Kier molecular flexibility index (Phi) is 4.55. The van der Waals surface area contributed by atoms with Crippen LogP contribution in [-0.2, 0) is 24.2 Å². The number of carbonyl (C=O) groups excluding carboxylic acids is 1. The number of nitrogens with one attached hydrogen (secondary N) is 1. The lowest BCUT2D eigenvalue weighted by molar-refractivity contribution is -0.131. The molecule has 6 heteroatoms. The number of methoxy groups -OCH3 is 1. The van der Waals surface area contributed by atoms with Gasteiger partial charge >= 0.3 is 5.97 Å². The minimum atomic E-state index is -0.949. The molecule has 6 nitrogen and oxygen atoms in total. The van der Waals surface area contributed by atoms with Crippen LogP contribution in [0.3, 0.4) is 0 Å². The van der Waals surface area contributed by atoms with Crippen LogP contribution in [0.1, 0.15) is 32.7 Å². The Bertz CT molecular complexity index is 1080. The van der Waals surface area contributed by atoms with Gasteiger partial charge in [0, 0.05) is 29.7 Å². The molecular formula is C22H22N2O4. The molecule has 0 radical (unpaired) electrons. The van der Waals surface area contributed by atoms with E-state index in [1.54, 1.807) is 24.1 Å². The van der Waals surface area contributed by atoms with E-state index in [1.165, 1.54) is 0 Å². The molecule has 0 saturated carbocycles. The second-order valence-corrected chi connectivity index (χ2v) is 7.17. The molecule has 28 heavy (non-hydrogen) atoms. The Balaban J connectivity index is 1.54. The summed E-state index contributed by atoms with van der Waals surface area (Å²) >= 11 is 0. The number of H-pyrrole nitrogens is 1. The van der Waals surface area contributed by atoms with Gasteiger partial charge in [-0.3, -0.25) is 4.79 Å². The number of rotatable bonds is 4. The topological polar surface area (TPSA) is 82.6 Å². The molecule has 0 bridgehead atoms. The maximum absolute atomic E-state index is 12.9. The molecule has 2 aromatic carbocycles. The first-order chi connectivity index (χ1) is 13.5. The predicted molar refractivity (Wildman–Crippen MR) is 106 cm³/mol. The van der Waals surface area contributed by atoms with Gasteiger partial charge in [-0.05, 0) is 60.4 Å². The third-order valence-electron chi connectivity index (χ3n) is 5.52. The molecule has 1 amide bonds. The number of nitrogens with zero attached hydrogens (tertiary/aromatic N) is 1. The van der Waals surface area contributed by atoms with E-state index in [1.807, 2.05) is 31.2 Å². The molecule has 0 aliphatic carbocycles. The predicted octanol–water partition coefficient (Wildman–Crippen LogP) is 3.31. The first kappa shape index (κ1) is 18.1. The molecule has 0 saturated heterocycles. The van der Waals surface area contributed by atoms with Crippen LogP contribution in [0.5, 0.6) is 5.75 Å². The molecule has 0 atom stereocenters. The third-order valence-corrected chi connectivity index (χ3v) is 5.52. The lowest BCUT2D eigenvalue weighted by Crippen LogP contribution is -2.37. The van der Waals surface area contributed by atoms with Gasteiger partial charge in [-0.15, -0.1) is 0 Å². The normalized spacial score (nSPS) is 13.4. The molecule has 4 rings (SSSR count). The van der Waals surface area contributed by atoms with E-state index in [-0.39, 0.29) is 17.9 Å². The number of aryl methyl sites for hydroxylation is 1. The van der Waals surface area contributed by atoms with Crippen molar-refractivity contribution in [1.29, 1.82) is 0 Å². The summed E-state index contributed by atoms with van der Waals surface area (Å²) in [6.07, 6.45) is 1.03. The quantitative estimate of drug-likeness (QED) is 0.730. The van der Waals surface area contributed by atoms with Crippen molar-refractivity contribution in [1.82, 2.24) is 9.88 Å². The maximum Gasteiger partial charge on any atom is 0.335 e. The fourth-order valence-electron chi connectivity index (χ4n) is 3.83. The zero-order valence-electron chi connectivity index (χ0n) is 15.9. The van der Waals surface area contributed by atoms with Crippen LogP contribution in [0.4, 0.5) is 0 Å². The highest BCUT2D eigenvalue weighted by Gasteiger charge is 2.23. The summed E-state index contributed by atoms with van der Waals surface area (Å²) in [5.74, 6) is -0.127. The monoisotopic (exact) mass is 378 g/mol. The number of carboxylic acids is 1. The number of carboxylic acid groups (broad SMARTS) is 1. The van der Waals surface area contributed by atoms with Gasteiger partial charge in [-0.1, -0.05) is 6.07 Å². The van der Waals surface area contributed by atoms with Crippen molar-refractivity contribution >= 4 is 22.8 Å². The lowest BCUT2D eigenvalue weighted by atomic mass is 9.97. The Morgan fingerprint density at radius 3 is 2.75 bits per heavy atom. The molecule has 1 aromatic heterocycles. The Morgan fingerprint density at radius 2 is 2.00 bits per heavy atom. The highest BCUT2D eigenvalue weighted by atomic mass is 16.5. The lowest BCUT2D eigenvalue weighted by Gasteiger charge is -2.29. The number of aromatic nitrogens is 1. The second-order valence-electron chi connectivity index (χ2n) is 7.17. The first-order valence-electron chi connectivity index (χ1n) is 9.24. The van der Waals surface area contributed by atoms with Crippen LogP contribution in [0, 0.1) is 6.92 Å². The smallest absolute Gasteiger partial charge is 0.335 e. The van der Waals surface area contributed by atoms with Gasteiger partial charge in [-0.2, -0.15) is 0 Å². The number of amides is 1. The molecule has 0 unspecified atom stereocenters. The minimum absolute atomic E-state index is 0.0352. The average molecular weight is 378 g/mol. The number of hydrogen-bond acceptors (Lipinski definition) is 3. The number of fused-ring (bicyclic) bond motifs is 2. The van der Waals surface area contributed by atoms with Gasteiger partial charge in [0.25, 0.3) is 0 Å². The van der Waals surface area contributed by atoms with Gasteiger partial charge in [0.1, 0.15) is 5.75 Å². The molecule has 3 aromatic rings. The van der Waals surface area contributed by atoms with Crippen LogP contribution >= 0.6 is 0 Å². The van der Waals surface area contributed by atoms with E-state index >= 15 is 0 Å². The van der Waals surface area contributed by atoms with E-state index in [0.29, 0.717) is 13.1 Å². The summed E-state index contributed by atoms with van der Waals surface area (Å²) in [6.45, 7) is 3.10. The molecule has 0 fully saturated rings. The highest BCUT2D eigenvalue weighted by Crippen LogP contribution is 2.27. The number of ether oxygens (including phenoxy) is 1. The standard InChI is InChI=1S/C22H22N2O4/c1-13-18-10-17(28-2)5-6-19(18)23-20(13)11-21(25)24-8-7-14-3-4-15(22(26)27)9-16(14)12-24/h3-6,9-10,23H,7-8,11-12H2,1-2H3,(H,26,27). The van der Waals surface area contributed by atoms with E-state index in [0.717, 1.165) is 45.5 Å². The van der Waals surface area contributed by atoms with Crippen molar-refractivity contribution in [3.05, 3.63) is 64.3 Å². The van der Waals surface area contributed by atoms with Crippen molar-refractivity contribution in [2.45, 2.75) is 26.3 Å². The van der Waals surface area contributed by atoms with Crippen molar-refractivity contribution in [2.24, 2.45) is 0 Å². The van der Waals surface area contributed by atoms with Crippen molar-refractivity contribution in [3.63, 3.8) is 0 Å². The zero-order valence-corrected chi connectivity index (χ0v) is 15.9. The number of carbonyl (C=O) groups is 2. The van der Waals surface area contributed by atoms with Gasteiger partial charge in [0.2, 0.25) is 5.91 Å². The van der Waals surface area contributed by atoms with Crippen LogP contribution in [-0.4, -0.2) is 40.5 Å². The van der Waals surface area contributed by atoms with Gasteiger partial charge in [-0.25, -0.2) is 4.79 Å². The number of benzene rings is 2. The molecule has 2 heterocycles. The largest absolute Gasteiger partial charge is 0.497 e. The molecule has 1 aliphatic heterocycles. The van der Waals surface area contributed by atoms with Crippen molar-refractivity contribution < 1.29 is 19.4 Å². The summed E-state index contributed by atoms with van der Waals surface area (Å²) in [7, 11) is 1.64. The van der Waals surface area contributed by atoms with Crippen molar-refractivity contribution in [3.8, 4) is 5.75 Å². The van der Waals surface area contributed by atoms with Gasteiger partial charge in [0.15, 0.2) is 0 Å². The second kappa shape index (κ2) is 7.03. The number of aromatic amines is 1. The van der Waals surface area contributed by atoms with E-state index in [2.05, 4.69) is 4.98 Å². The SMILES string of the molecule is COc1ccc2[nH]c(CC(=O)N3CCc4ccc(C(=O)O)cc4C3)c(C)c2c1. The Hall–Kier alpha value is -3.28.